The van der Waals surface area contributed by atoms with Crippen molar-refractivity contribution >= 4 is 27.5 Å². The molecule has 114 valence electrons. The maximum atomic E-state index is 6.45. The third-order valence-corrected chi connectivity index (χ3v) is 4.67. The number of hydrogen-bond acceptors (Lipinski definition) is 3. The largest absolute Gasteiger partial charge is 0.493 e. The minimum absolute atomic E-state index is 0.102. The average Bonchev–Trinajstić information content (AvgIpc) is 2.88. The van der Waals surface area contributed by atoms with Gasteiger partial charge in [0.05, 0.1) is 24.4 Å². The Morgan fingerprint density at radius 3 is 2.67 bits per heavy atom. The minimum atomic E-state index is -0.102. The lowest BCUT2D eigenvalue weighted by molar-refractivity contribution is 0.396. The summed E-state index contributed by atoms with van der Waals surface area (Å²) in [6, 6.07) is 6.03. The summed E-state index contributed by atoms with van der Waals surface area (Å²) >= 11 is 9.93. The summed E-state index contributed by atoms with van der Waals surface area (Å²) in [5.74, 6) is 0.749. The van der Waals surface area contributed by atoms with Gasteiger partial charge in [-0.1, -0.05) is 23.7 Å². The lowest BCUT2D eigenvalue weighted by Crippen LogP contribution is -2.23. The van der Waals surface area contributed by atoms with Gasteiger partial charge in [0, 0.05) is 10.5 Å². The quantitative estimate of drug-likeness (QED) is 0.855. The van der Waals surface area contributed by atoms with Crippen LogP contribution in [-0.4, -0.2) is 23.9 Å². The van der Waals surface area contributed by atoms with Crippen molar-refractivity contribution in [2.24, 2.45) is 0 Å². The molecule has 1 N–H and O–H groups in total. The number of ether oxygens (including phenoxy) is 1. The highest BCUT2D eigenvalue weighted by atomic mass is 79.9. The molecule has 0 amide bonds. The molecule has 1 unspecified atom stereocenters. The van der Waals surface area contributed by atoms with Crippen LogP contribution < -0.4 is 10.1 Å². The molecule has 0 aliphatic heterocycles. The molecule has 0 spiro atoms. The van der Waals surface area contributed by atoms with E-state index in [4.69, 9.17) is 16.3 Å². The van der Waals surface area contributed by atoms with Gasteiger partial charge >= 0.3 is 0 Å². The zero-order valence-corrected chi connectivity index (χ0v) is 14.9. The van der Waals surface area contributed by atoms with Gasteiger partial charge in [0.25, 0.3) is 0 Å². The maximum absolute atomic E-state index is 6.45. The van der Waals surface area contributed by atoms with Gasteiger partial charge in [-0.25, -0.2) is 0 Å². The molecule has 0 saturated carbocycles. The summed E-state index contributed by atoms with van der Waals surface area (Å²) in [4.78, 5) is 0. The first kappa shape index (κ1) is 16.3. The van der Waals surface area contributed by atoms with Gasteiger partial charge in [-0.05, 0) is 48.5 Å². The Hall–Kier alpha value is -1.04. The Balaban J connectivity index is 2.61. The molecule has 0 fully saturated rings. The zero-order chi connectivity index (χ0) is 15.6. The first-order chi connectivity index (χ1) is 10.0. The van der Waals surface area contributed by atoms with E-state index in [0.717, 1.165) is 21.5 Å². The molecule has 1 aromatic carbocycles. The average molecular weight is 373 g/mol. The molecular weight excluding hydrogens is 354 g/mol. The van der Waals surface area contributed by atoms with E-state index in [2.05, 4.69) is 40.2 Å². The number of rotatable bonds is 5. The van der Waals surface area contributed by atoms with Gasteiger partial charge in [-0.2, -0.15) is 5.10 Å². The van der Waals surface area contributed by atoms with Crippen molar-refractivity contribution in [2.45, 2.75) is 25.9 Å². The SMILES string of the molecule is CNC(c1cccc(Br)c1Cl)c1c(OC)cnn1C(C)C. The predicted molar refractivity (Wildman–Crippen MR) is 89.2 cm³/mol. The Morgan fingerprint density at radius 2 is 2.10 bits per heavy atom. The number of halogens is 2. The number of benzene rings is 1. The molecular formula is C15H19BrClN3O. The van der Waals surface area contributed by atoms with Crippen LogP contribution in [0.4, 0.5) is 0 Å². The van der Waals surface area contributed by atoms with Crippen LogP contribution in [0, 0.1) is 0 Å². The second-order valence-electron chi connectivity index (χ2n) is 5.00. The van der Waals surface area contributed by atoms with Crippen molar-refractivity contribution in [1.82, 2.24) is 15.1 Å². The summed E-state index contributed by atoms with van der Waals surface area (Å²) in [6.07, 6.45) is 1.74. The second kappa shape index (κ2) is 6.81. The molecule has 1 atom stereocenters. The van der Waals surface area contributed by atoms with Crippen molar-refractivity contribution in [3.05, 3.63) is 45.1 Å². The van der Waals surface area contributed by atoms with Crippen molar-refractivity contribution in [3.63, 3.8) is 0 Å². The predicted octanol–water partition coefficient (Wildman–Crippen LogP) is 4.20. The van der Waals surface area contributed by atoms with Crippen molar-refractivity contribution in [1.29, 1.82) is 0 Å². The van der Waals surface area contributed by atoms with Gasteiger partial charge in [0.2, 0.25) is 0 Å². The lowest BCUT2D eigenvalue weighted by atomic mass is 10.0. The van der Waals surface area contributed by atoms with Crippen LogP contribution in [0.15, 0.2) is 28.9 Å². The van der Waals surface area contributed by atoms with Gasteiger partial charge in [-0.3, -0.25) is 4.68 Å². The number of aromatic nitrogens is 2. The fourth-order valence-corrected chi connectivity index (χ4v) is 3.00. The first-order valence-corrected chi connectivity index (χ1v) is 7.90. The highest BCUT2D eigenvalue weighted by molar-refractivity contribution is 9.10. The zero-order valence-electron chi connectivity index (χ0n) is 12.5. The van der Waals surface area contributed by atoms with E-state index in [0.29, 0.717) is 5.02 Å². The smallest absolute Gasteiger partial charge is 0.161 e. The Morgan fingerprint density at radius 1 is 1.38 bits per heavy atom. The van der Waals surface area contributed by atoms with Crippen molar-refractivity contribution < 1.29 is 4.74 Å². The Labute approximate surface area is 138 Å². The molecule has 21 heavy (non-hydrogen) atoms. The van der Waals surface area contributed by atoms with Gasteiger partial charge in [0.1, 0.15) is 5.69 Å². The molecule has 0 aliphatic rings. The standard InChI is InChI=1S/C15H19BrClN3O/c1-9(2)20-15(12(21-4)8-19-20)14(18-3)10-6-5-7-11(16)13(10)17/h5-9,14,18H,1-4H3. The number of methoxy groups -OCH3 is 1. The Bertz CT molecular complexity index is 627. The molecule has 4 nitrogen and oxygen atoms in total. The molecule has 2 rings (SSSR count). The highest BCUT2D eigenvalue weighted by Crippen LogP contribution is 2.37. The minimum Gasteiger partial charge on any atom is -0.493 e. The first-order valence-electron chi connectivity index (χ1n) is 6.73. The van der Waals surface area contributed by atoms with E-state index >= 15 is 0 Å². The summed E-state index contributed by atoms with van der Waals surface area (Å²) < 4.78 is 8.30. The third-order valence-electron chi connectivity index (χ3n) is 3.36. The topological polar surface area (TPSA) is 39.1 Å². The van der Waals surface area contributed by atoms with E-state index in [1.165, 1.54) is 0 Å². The number of nitrogens with one attached hydrogen (secondary N) is 1. The van der Waals surface area contributed by atoms with Crippen molar-refractivity contribution in [3.8, 4) is 5.75 Å². The molecule has 0 saturated heterocycles. The maximum Gasteiger partial charge on any atom is 0.161 e. The van der Waals surface area contributed by atoms with Crippen LogP contribution in [-0.2, 0) is 0 Å². The monoisotopic (exact) mass is 371 g/mol. The number of hydrogen-bond donors (Lipinski definition) is 1. The second-order valence-corrected chi connectivity index (χ2v) is 6.23. The lowest BCUT2D eigenvalue weighted by Gasteiger charge is -2.22. The van der Waals surface area contributed by atoms with Gasteiger partial charge in [-0.15, -0.1) is 0 Å². The molecule has 1 aromatic heterocycles. The number of nitrogens with zero attached hydrogens (tertiary/aromatic N) is 2. The van der Waals surface area contributed by atoms with Crippen LogP contribution in [0.2, 0.25) is 5.02 Å². The molecule has 0 aliphatic carbocycles. The van der Waals surface area contributed by atoms with Crippen LogP contribution in [0.1, 0.15) is 37.2 Å². The van der Waals surface area contributed by atoms with E-state index in [1.807, 2.05) is 29.9 Å². The van der Waals surface area contributed by atoms with Crippen LogP contribution >= 0.6 is 27.5 Å². The molecule has 0 bridgehead atoms. The van der Waals surface area contributed by atoms with Gasteiger partial charge < -0.3 is 10.1 Å². The summed E-state index contributed by atoms with van der Waals surface area (Å²) in [7, 11) is 3.55. The van der Waals surface area contributed by atoms with E-state index in [1.54, 1.807) is 13.3 Å². The van der Waals surface area contributed by atoms with Crippen LogP contribution in [0.25, 0.3) is 0 Å². The van der Waals surface area contributed by atoms with Crippen LogP contribution in [0.5, 0.6) is 5.75 Å². The normalized spacial score (nSPS) is 12.7. The van der Waals surface area contributed by atoms with Gasteiger partial charge in [0.15, 0.2) is 5.75 Å². The molecule has 2 aromatic rings. The fraction of sp³-hybridized carbons (Fsp3) is 0.400. The highest BCUT2D eigenvalue weighted by Gasteiger charge is 2.25. The van der Waals surface area contributed by atoms with Crippen molar-refractivity contribution in [2.75, 3.05) is 14.2 Å². The Kier molecular flexibility index (Phi) is 5.30. The molecule has 0 radical (unpaired) electrons. The summed E-state index contributed by atoms with van der Waals surface area (Å²) in [6.45, 7) is 4.18. The summed E-state index contributed by atoms with van der Waals surface area (Å²) in [5, 5.41) is 8.43. The third kappa shape index (κ3) is 3.10. The molecule has 6 heteroatoms. The van der Waals surface area contributed by atoms with Crippen LogP contribution in [0.3, 0.4) is 0 Å². The van der Waals surface area contributed by atoms with E-state index < -0.39 is 0 Å². The summed E-state index contributed by atoms with van der Waals surface area (Å²) in [5.41, 5.74) is 1.95. The fourth-order valence-electron chi connectivity index (χ4n) is 2.38. The van der Waals surface area contributed by atoms with E-state index in [9.17, 15) is 0 Å². The van der Waals surface area contributed by atoms with E-state index in [-0.39, 0.29) is 12.1 Å². The molecule has 1 heterocycles.